The SMILES string of the molecule is [2H]C([2H])([2H])c1ccc(-c2[c-]cccc2)nc1.[2H]C([2H])([2H])c1cnc(-c2[c-]ccc3c2oc2c(-c4ccc(-c5ccc(C#N)cc5)cc4)cccc23)cc1C([2H])([2H])C(C)(C)C.[Ir]. The summed E-state index contributed by atoms with van der Waals surface area (Å²) in [5.41, 5.74) is 7.66. The van der Waals surface area contributed by atoms with E-state index in [0.717, 1.165) is 44.3 Å². The van der Waals surface area contributed by atoms with Crippen molar-refractivity contribution < 1.29 is 35.5 Å². The number of hydrogen-bond acceptors (Lipinski definition) is 4. The Hall–Kier alpha value is -5.66. The van der Waals surface area contributed by atoms with E-state index in [1.165, 1.54) is 18.5 Å². The van der Waals surface area contributed by atoms with Crippen LogP contribution >= 0.6 is 0 Å². The van der Waals surface area contributed by atoms with E-state index in [9.17, 15) is 0 Å². The number of hydrogen-bond donors (Lipinski definition) is 0. The fourth-order valence-corrected chi connectivity index (χ4v) is 5.97. The molecule has 0 amide bonds. The Morgan fingerprint density at radius 1 is 0.736 bits per heavy atom. The maximum absolute atomic E-state index is 9.10. The van der Waals surface area contributed by atoms with Crippen LogP contribution in [0, 0.1) is 42.6 Å². The topological polar surface area (TPSA) is 62.7 Å². The first-order valence-electron chi connectivity index (χ1n) is 20.8. The second kappa shape index (κ2) is 15.9. The van der Waals surface area contributed by atoms with E-state index < -0.39 is 25.5 Å². The first-order chi connectivity index (χ1) is 28.4. The fraction of sp³-hybridized carbons (Fsp3) is 0.146. The van der Waals surface area contributed by atoms with Gasteiger partial charge >= 0.3 is 0 Å². The molecule has 263 valence electrons. The summed E-state index contributed by atoms with van der Waals surface area (Å²) in [6.45, 7) is 0.633. The van der Waals surface area contributed by atoms with Crippen molar-refractivity contribution in [3.8, 4) is 50.8 Å². The average molecular weight is 874 g/mol. The van der Waals surface area contributed by atoms with Gasteiger partial charge in [0.25, 0.3) is 0 Å². The summed E-state index contributed by atoms with van der Waals surface area (Å²) >= 11 is 0. The van der Waals surface area contributed by atoms with Gasteiger partial charge in [-0.3, -0.25) is 0 Å². The molecule has 0 saturated heterocycles. The van der Waals surface area contributed by atoms with Gasteiger partial charge in [-0.15, -0.1) is 54.1 Å². The minimum absolute atomic E-state index is 0. The molecule has 3 heterocycles. The molecule has 3 aromatic heterocycles. The van der Waals surface area contributed by atoms with Crippen LogP contribution in [0.5, 0.6) is 0 Å². The molecule has 5 aromatic carbocycles. The normalized spacial score (nSPS) is 14.0. The molecular formula is C48H39IrN3O-2. The zero-order valence-electron chi connectivity index (χ0n) is 37.3. The summed E-state index contributed by atoms with van der Waals surface area (Å²) in [5.74, 6) is 0. The molecule has 0 aliphatic rings. The first kappa shape index (κ1) is 27.9. The zero-order valence-corrected chi connectivity index (χ0v) is 31.7. The van der Waals surface area contributed by atoms with Gasteiger partial charge in [-0.25, -0.2) is 0 Å². The molecule has 0 atom stereocenters. The molecule has 0 aliphatic heterocycles. The van der Waals surface area contributed by atoms with Gasteiger partial charge in [0.05, 0.1) is 17.2 Å². The van der Waals surface area contributed by atoms with Gasteiger partial charge in [-0.05, 0) is 76.8 Å². The summed E-state index contributed by atoms with van der Waals surface area (Å²) in [5, 5.41) is 10.9. The van der Waals surface area contributed by atoms with Crippen molar-refractivity contribution in [2.24, 2.45) is 5.41 Å². The number of para-hydroxylation sites is 1. The second-order valence-corrected chi connectivity index (χ2v) is 13.3. The number of furan rings is 1. The van der Waals surface area contributed by atoms with Gasteiger partial charge < -0.3 is 14.4 Å². The van der Waals surface area contributed by atoms with Crippen LogP contribution in [0.2, 0.25) is 0 Å². The summed E-state index contributed by atoms with van der Waals surface area (Å²) < 4.78 is 70.2. The summed E-state index contributed by atoms with van der Waals surface area (Å²) in [6.07, 6.45) is 0.702. The van der Waals surface area contributed by atoms with Gasteiger partial charge in [0, 0.05) is 54.4 Å². The molecule has 8 aromatic rings. The van der Waals surface area contributed by atoms with Gasteiger partial charge in [-0.1, -0.05) is 110 Å². The molecule has 0 spiro atoms. The standard InChI is InChI=1S/C36H29N2O.C12H10N.Ir/c1-23-22-38-33(19-28(23)20-36(2,3)4)32-10-6-9-31-30-8-5-7-29(34(30)39-35(31)32)27-17-15-26(16-18-27)25-13-11-24(21-37)12-14-25;1-10-7-8-12(13-9-10)11-5-3-2-4-6-11;/h5-9,11-19,22H,20H2,1-4H3;2-5,7-9H,1H3;/q2*-1;/i1D3,20D2;1D3;. The van der Waals surface area contributed by atoms with Crippen LogP contribution in [0.4, 0.5) is 0 Å². The third kappa shape index (κ3) is 8.37. The largest absolute Gasteiger partial charge is 0.500 e. The van der Waals surface area contributed by atoms with E-state index in [0.29, 0.717) is 28.0 Å². The van der Waals surface area contributed by atoms with Gasteiger partial charge in [-0.2, -0.15) is 5.26 Å². The minimum Gasteiger partial charge on any atom is -0.500 e. The van der Waals surface area contributed by atoms with Crippen molar-refractivity contribution in [1.29, 1.82) is 5.26 Å². The Bertz CT molecular complexity index is 2840. The summed E-state index contributed by atoms with van der Waals surface area (Å²) in [7, 11) is 0. The van der Waals surface area contributed by atoms with Crippen LogP contribution in [0.15, 0.2) is 138 Å². The molecule has 0 saturated carbocycles. The molecule has 4 nitrogen and oxygen atoms in total. The van der Waals surface area contributed by atoms with Crippen molar-refractivity contribution in [3.05, 3.63) is 168 Å². The predicted octanol–water partition coefficient (Wildman–Crippen LogP) is 12.4. The summed E-state index contributed by atoms with van der Waals surface area (Å²) in [4.78, 5) is 8.61. The third-order valence-electron chi connectivity index (χ3n) is 8.42. The van der Waals surface area contributed by atoms with Crippen molar-refractivity contribution >= 4 is 21.9 Å². The maximum atomic E-state index is 9.10. The van der Waals surface area contributed by atoms with Crippen LogP contribution in [0.3, 0.4) is 0 Å². The molecule has 0 aliphatic carbocycles. The Labute approximate surface area is 336 Å². The minimum atomic E-state index is -2.53. The van der Waals surface area contributed by atoms with E-state index >= 15 is 0 Å². The molecular weight excluding hydrogens is 827 g/mol. The number of fused-ring (bicyclic) bond motifs is 3. The third-order valence-corrected chi connectivity index (χ3v) is 8.42. The van der Waals surface area contributed by atoms with E-state index in [1.807, 2.05) is 78.9 Å². The fourth-order valence-electron chi connectivity index (χ4n) is 5.97. The number of rotatable bonds is 5. The van der Waals surface area contributed by atoms with E-state index in [1.54, 1.807) is 57.2 Å². The van der Waals surface area contributed by atoms with Crippen LogP contribution in [0.1, 0.15) is 54.0 Å². The second-order valence-electron chi connectivity index (χ2n) is 13.3. The molecule has 0 N–H and O–H groups in total. The number of benzene rings is 5. The summed E-state index contributed by atoms with van der Waals surface area (Å²) in [6, 6.07) is 46.0. The molecule has 8 rings (SSSR count). The molecule has 5 heteroatoms. The van der Waals surface area contributed by atoms with E-state index in [4.69, 9.17) is 20.6 Å². The molecule has 0 unspecified atom stereocenters. The van der Waals surface area contributed by atoms with Gasteiger partial charge in [0.2, 0.25) is 0 Å². The van der Waals surface area contributed by atoms with Crippen molar-refractivity contribution in [2.75, 3.05) is 0 Å². The van der Waals surface area contributed by atoms with Crippen LogP contribution in [-0.4, -0.2) is 9.97 Å². The van der Waals surface area contributed by atoms with Crippen molar-refractivity contribution in [3.63, 3.8) is 0 Å². The van der Waals surface area contributed by atoms with E-state index in [2.05, 4.69) is 28.2 Å². The van der Waals surface area contributed by atoms with Crippen molar-refractivity contribution in [1.82, 2.24) is 9.97 Å². The predicted molar refractivity (Wildman–Crippen MR) is 213 cm³/mol. The Morgan fingerprint density at radius 2 is 1.47 bits per heavy atom. The Balaban J connectivity index is 0.000000307. The molecule has 0 bridgehead atoms. The number of nitrogens with zero attached hydrogens (tertiary/aromatic N) is 3. The van der Waals surface area contributed by atoms with Gasteiger partial charge in [0.1, 0.15) is 5.58 Å². The average Bonchev–Trinajstić information content (AvgIpc) is 3.62. The molecule has 1 radical (unpaired) electrons. The number of aromatic nitrogens is 2. The Morgan fingerprint density at radius 3 is 2.13 bits per heavy atom. The van der Waals surface area contributed by atoms with Gasteiger partial charge in [0.15, 0.2) is 0 Å². The molecule has 53 heavy (non-hydrogen) atoms. The molecule has 0 fully saturated rings. The van der Waals surface area contributed by atoms with Crippen molar-refractivity contribution in [2.45, 2.75) is 40.8 Å². The van der Waals surface area contributed by atoms with Crippen LogP contribution in [0.25, 0.3) is 66.7 Å². The van der Waals surface area contributed by atoms with Crippen LogP contribution in [-0.2, 0) is 26.5 Å². The number of aryl methyl sites for hydroxylation is 2. The first-order valence-corrected chi connectivity index (χ1v) is 16.8. The van der Waals surface area contributed by atoms with Crippen LogP contribution < -0.4 is 0 Å². The number of pyridine rings is 2. The smallest absolute Gasteiger partial charge is 0.128 e. The zero-order chi connectivity index (χ0) is 43.0. The quantitative estimate of drug-likeness (QED) is 0.162. The maximum Gasteiger partial charge on any atom is 0.128 e. The Kier molecular flexibility index (Phi) is 8.39. The monoisotopic (exact) mass is 874 g/mol. The van der Waals surface area contributed by atoms with E-state index in [-0.39, 0.29) is 36.8 Å². The number of nitriles is 1.